The van der Waals surface area contributed by atoms with Crippen molar-refractivity contribution >= 4 is 0 Å². The Labute approximate surface area is 137 Å². The minimum Gasteiger partial charge on any atom is -0.320 e. The highest BCUT2D eigenvalue weighted by atomic mass is 14.8. The van der Waals surface area contributed by atoms with Gasteiger partial charge in [-0.15, -0.1) is 0 Å². The van der Waals surface area contributed by atoms with Crippen LogP contribution in [-0.2, 0) is 6.42 Å². The number of nitrogens with one attached hydrogen (secondary N) is 1. The van der Waals surface area contributed by atoms with E-state index in [1.54, 1.807) is 0 Å². The Hall–Kier alpha value is -1.15. The summed E-state index contributed by atoms with van der Waals surface area (Å²) in [5, 5.41) is 3.21. The number of unbranched alkanes of at least 4 members (excludes halogenated alkanes) is 8. The van der Waals surface area contributed by atoms with Crippen molar-refractivity contribution in [3.05, 3.63) is 42.2 Å². The number of rotatable bonds is 14. The van der Waals surface area contributed by atoms with Crippen molar-refractivity contribution in [3.8, 4) is 0 Å². The number of hydrogen-bond acceptors (Lipinski definition) is 2. The zero-order valence-electron chi connectivity index (χ0n) is 14.4. The van der Waals surface area contributed by atoms with E-state index in [2.05, 4.69) is 28.5 Å². The first-order valence-electron chi connectivity index (χ1n) is 9.12. The van der Waals surface area contributed by atoms with Gasteiger partial charge < -0.3 is 5.32 Å². The molecule has 1 heterocycles. The topological polar surface area (TPSA) is 24.9 Å². The molecule has 0 saturated heterocycles. The lowest BCUT2D eigenvalue weighted by Crippen LogP contribution is -2.06. The monoisotopic (exact) mass is 302 g/mol. The van der Waals surface area contributed by atoms with E-state index in [-0.39, 0.29) is 0 Å². The molecular weight excluding hydrogens is 268 g/mol. The average Bonchev–Trinajstić information content (AvgIpc) is 2.56. The number of nitrogens with zero attached hydrogens (tertiary/aromatic N) is 1. The van der Waals surface area contributed by atoms with Gasteiger partial charge in [0, 0.05) is 12.4 Å². The predicted octanol–water partition coefficient (Wildman–Crippen LogP) is 5.30. The smallest absolute Gasteiger partial charge is 0.0299 e. The molecule has 0 spiro atoms. The molecule has 1 aromatic rings. The zero-order valence-corrected chi connectivity index (χ0v) is 14.4. The van der Waals surface area contributed by atoms with Crippen molar-refractivity contribution in [3.63, 3.8) is 0 Å². The number of pyridine rings is 1. The Morgan fingerprint density at radius 1 is 0.909 bits per heavy atom. The van der Waals surface area contributed by atoms with Crippen LogP contribution in [0.25, 0.3) is 0 Å². The largest absolute Gasteiger partial charge is 0.320 e. The first kappa shape index (κ1) is 18.9. The average molecular weight is 303 g/mol. The minimum atomic E-state index is 1.11. The summed E-state index contributed by atoms with van der Waals surface area (Å²) < 4.78 is 0. The lowest BCUT2D eigenvalue weighted by molar-refractivity contribution is 0.562. The van der Waals surface area contributed by atoms with Gasteiger partial charge in [0.1, 0.15) is 0 Å². The fourth-order valence-corrected chi connectivity index (χ4v) is 2.66. The summed E-state index contributed by atoms with van der Waals surface area (Å²) in [5.41, 5.74) is 1.34. The van der Waals surface area contributed by atoms with Crippen LogP contribution in [0, 0.1) is 0 Å². The van der Waals surface area contributed by atoms with Gasteiger partial charge in [-0.25, -0.2) is 0 Å². The van der Waals surface area contributed by atoms with Crippen LogP contribution in [0.1, 0.15) is 69.8 Å². The molecule has 0 unspecified atom stereocenters. The number of hydrogen-bond donors (Lipinski definition) is 1. The van der Waals surface area contributed by atoms with Crippen molar-refractivity contribution in [2.75, 3.05) is 13.6 Å². The van der Waals surface area contributed by atoms with E-state index >= 15 is 0 Å². The molecule has 2 nitrogen and oxygen atoms in total. The fourth-order valence-electron chi connectivity index (χ4n) is 2.66. The van der Waals surface area contributed by atoms with Gasteiger partial charge in [0.25, 0.3) is 0 Å². The van der Waals surface area contributed by atoms with Crippen molar-refractivity contribution in [1.82, 2.24) is 10.3 Å². The molecule has 2 heteroatoms. The lowest BCUT2D eigenvalue weighted by Gasteiger charge is -2.01. The molecule has 0 bridgehead atoms. The second kappa shape index (κ2) is 14.8. The SMILES string of the molecule is CNCCCCCCCCCCC=CCCc1cccnc1. The third-order valence-electron chi connectivity index (χ3n) is 4.04. The Morgan fingerprint density at radius 2 is 1.59 bits per heavy atom. The standard InChI is InChI=1S/C20H34N2/c1-21-17-13-11-9-7-5-3-2-4-6-8-10-12-15-20-16-14-18-22-19-20/h8,10,14,16,18-19,21H,2-7,9,11-13,15,17H2,1H3. The van der Waals surface area contributed by atoms with Gasteiger partial charge in [-0.2, -0.15) is 0 Å². The van der Waals surface area contributed by atoms with Gasteiger partial charge in [-0.1, -0.05) is 56.7 Å². The van der Waals surface area contributed by atoms with E-state index < -0.39 is 0 Å². The summed E-state index contributed by atoms with van der Waals surface area (Å²) in [6.45, 7) is 1.17. The van der Waals surface area contributed by atoms with Gasteiger partial charge >= 0.3 is 0 Å². The fraction of sp³-hybridized carbons (Fsp3) is 0.650. The first-order chi connectivity index (χ1) is 10.9. The van der Waals surface area contributed by atoms with Crippen LogP contribution in [0.5, 0.6) is 0 Å². The van der Waals surface area contributed by atoms with E-state index in [9.17, 15) is 0 Å². The van der Waals surface area contributed by atoms with E-state index in [0.717, 1.165) is 12.8 Å². The maximum Gasteiger partial charge on any atom is 0.0299 e. The first-order valence-corrected chi connectivity index (χ1v) is 9.12. The van der Waals surface area contributed by atoms with Crippen LogP contribution >= 0.6 is 0 Å². The van der Waals surface area contributed by atoms with Crippen LogP contribution in [-0.4, -0.2) is 18.6 Å². The number of aromatic nitrogens is 1. The molecule has 1 aromatic heterocycles. The number of allylic oxidation sites excluding steroid dienone is 2. The minimum absolute atomic E-state index is 1.11. The van der Waals surface area contributed by atoms with E-state index in [1.807, 2.05) is 25.5 Å². The van der Waals surface area contributed by atoms with Crippen molar-refractivity contribution in [2.24, 2.45) is 0 Å². The Kier molecular flexibility index (Phi) is 12.7. The quantitative estimate of drug-likeness (QED) is 0.372. The lowest BCUT2D eigenvalue weighted by atomic mass is 10.1. The highest BCUT2D eigenvalue weighted by molar-refractivity contribution is 5.09. The molecule has 22 heavy (non-hydrogen) atoms. The Bertz CT molecular complexity index is 359. The maximum absolute atomic E-state index is 4.14. The van der Waals surface area contributed by atoms with E-state index in [4.69, 9.17) is 0 Å². The summed E-state index contributed by atoms with van der Waals surface area (Å²) in [7, 11) is 2.04. The van der Waals surface area contributed by atoms with E-state index in [1.165, 1.54) is 69.9 Å². The van der Waals surface area contributed by atoms with Crippen LogP contribution in [0.2, 0.25) is 0 Å². The van der Waals surface area contributed by atoms with Gasteiger partial charge in [0.2, 0.25) is 0 Å². The predicted molar refractivity (Wildman–Crippen MR) is 97.2 cm³/mol. The summed E-state index contributed by atoms with van der Waals surface area (Å²) in [4.78, 5) is 4.14. The highest BCUT2D eigenvalue weighted by Crippen LogP contribution is 2.10. The molecule has 0 aliphatic carbocycles. The molecule has 0 radical (unpaired) electrons. The second-order valence-electron chi connectivity index (χ2n) is 6.09. The summed E-state index contributed by atoms with van der Waals surface area (Å²) >= 11 is 0. The third-order valence-corrected chi connectivity index (χ3v) is 4.04. The Morgan fingerprint density at radius 3 is 2.27 bits per heavy atom. The van der Waals surface area contributed by atoms with E-state index in [0.29, 0.717) is 0 Å². The maximum atomic E-state index is 4.14. The van der Waals surface area contributed by atoms with Gasteiger partial charge in [-0.05, 0) is 57.3 Å². The van der Waals surface area contributed by atoms with Crippen LogP contribution < -0.4 is 5.32 Å². The van der Waals surface area contributed by atoms with Crippen molar-refractivity contribution < 1.29 is 0 Å². The van der Waals surface area contributed by atoms with Crippen LogP contribution in [0.3, 0.4) is 0 Å². The van der Waals surface area contributed by atoms with Crippen LogP contribution in [0.4, 0.5) is 0 Å². The molecule has 0 aromatic carbocycles. The molecule has 1 rings (SSSR count). The van der Waals surface area contributed by atoms with Gasteiger partial charge in [-0.3, -0.25) is 4.98 Å². The second-order valence-corrected chi connectivity index (χ2v) is 6.09. The Balaban J connectivity index is 1.80. The summed E-state index contributed by atoms with van der Waals surface area (Å²) in [5.74, 6) is 0. The van der Waals surface area contributed by atoms with Gasteiger partial charge in [0.05, 0.1) is 0 Å². The molecule has 0 fully saturated rings. The van der Waals surface area contributed by atoms with Crippen molar-refractivity contribution in [2.45, 2.75) is 70.6 Å². The third kappa shape index (κ3) is 11.5. The highest BCUT2D eigenvalue weighted by Gasteiger charge is 1.92. The molecule has 0 amide bonds. The molecule has 0 atom stereocenters. The van der Waals surface area contributed by atoms with Crippen molar-refractivity contribution in [1.29, 1.82) is 0 Å². The molecule has 124 valence electrons. The zero-order chi connectivity index (χ0) is 15.7. The molecule has 0 aliphatic heterocycles. The molecule has 1 N–H and O–H groups in total. The molecular formula is C20H34N2. The summed E-state index contributed by atoms with van der Waals surface area (Å²) in [6, 6.07) is 4.17. The summed E-state index contributed by atoms with van der Waals surface area (Å²) in [6.07, 6.45) is 23.1. The van der Waals surface area contributed by atoms with Crippen LogP contribution in [0.15, 0.2) is 36.7 Å². The molecule has 0 aliphatic rings. The molecule has 0 saturated carbocycles. The number of aryl methyl sites for hydroxylation is 1. The van der Waals surface area contributed by atoms with Gasteiger partial charge in [0.15, 0.2) is 0 Å². The normalized spacial score (nSPS) is 11.3.